The Morgan fingerprint density at radius 2 is 1.81 bits per heavy atom. The van der Waals surface area contributed by atoms with Crippen molar-refractivity contribution in [3.63, 3.8) is 0 Å². The van der Waals surface area contributed by atoms with Crippen molar-refractivity contribution in [1.29, 1.82) is 0 Å². The van der Waals surface area contributed by atoms with Gasteiger partial charge in [0.05, 0.1) is 5.56 Å². The lowest BCUT2D eigenvalue weighted by Crippen LogP contribution is -2.01. The highest BCUT2D eigenvalue weighted by Gasteiger charge is 2.17. The molecule has 2 aromatic rings. The van der Waals surface area contributed by atoms with E-state index < -0.39 is 28.9 Å². The quantitative estimate of drug-likeness (QED) is 0.902. The van der Waals surface area contributed by atoms with Crippen LogP contribution in [0.2, 0.25) is 0 Å². The summed E-state index contributed by atoms with van der Waals surface area (Å²) < 4.78 is 32.9. The zero-order valence-electron chi connectivity index (χ0n) is 11.1. The molecule has 21 heavy (non-hydrogen) atoms. The highest BCUT2D eigenvalue weighted by Crippen LogP contribution is 2.31. The number of halogens is 2. The van der Waals surface area contributed by atoms with E-state index in [1.165, 1.54) is 0 Å². The molecule has 0 atom stereocenters. The highest BCUT2D eigenvalue weighted by molar-refractivity contribution is 5.87. The SMILES string of the molecule is CC=Cc1ccccc1Oc1c(F)cc(C(=O)O)cc1F. The molecule has 2 aromatic carbocycles. The molecule has 0 saturated heterocycles. The van der Waals surface area contributed by atoms with Crippen molar-refractivity contribution in [2.24, 2.45) is 0 Å². The average molecular weight is 290 g/mol. The van der Waals surface area contributed by atoms with Gasteiger partial charge >= 0.3 is 5.97 Å². The third kappa shape index (κ3) is 3.25. The first kappa shape index (κ1) is 14.7. The fraction of sp³-hybridized carbons (Fsp3) is 0.0625. The lowest BCUT2D eigenvalue weighted by Gasteiger charge is -2.11. The fourth-order valence-electron chi connectivity index (χ4n) is 1.78. The van der Waals surface area contributed by atoms with Gasteiger partial charge in [-0.05, 0) is 25.1 Å². The molecule has 0 heterocycles. The van der Waals surface area contributed by atoms with E-state index in [4.69, 9.17) is 9.84 Å². The molecule has 1 N–H and O–H groups in total. The van der Waals surface area contributed by atoms with Crippen molar-refractivity contribution in [2.75, 3.05) is 0 Å². The van der Waals surface area contributed by atoms with Crippen LogP contribution in [0.4, 0.5) is 8.78 Å². The number of ether oxygens (including phenoxy) is 1. The summed E-state index contributed by atoms with van der Waals surface area (Å²) in [6.07, 6.45) is 3.50. The van der Waals surface area contributed by atoms with E-state index in [0.717, 1.165) is 12.1 Å². The minimum atomic E-state index is -1.41. The van der Waals surface area contributed by atoms with E-state index in [1.54, 1.807) is 43.3 Å². The molecule has 2 rings (SSSR count). The van der Waals surface area contributed by atoms with Crippen LogP contribution >= 0.6 is 0 Å². The number of allylic oxidation sites excluding steroid dienone is 1. The van der Waals surface area contributed by atoms with Crippen molar-refractivity contribution >= 4 is 12.0 Å². The molecule has 5 heteroatoms. The van der Waals surface area contributed by atoms with Gasteiger partial charge in [-0.2, -0.15) is 0 Å². The normalized spacial score (nSPS) is 10.8. The first-order chi connectivity index (χ1) is 10.0. The molecular weight excluding hydrogens is 278 g/mol. The van der Waals surface area contributed by atoms with Crippen molar-refractivity contribution in [3.8, 4) is 11.5 Å². The average Bonchev–Trinajstić information content (AvgIpc) is 2.44. The van der Waals surface area contributed by atoms with Gasteiger partial charge in [-0.3, -0.25) is 0 Å². The Balaban J connectivity index is 2.43. The number of carboxylic acids is 1. The first-order valence-corrected chi connectivity index (χ1v) is 6.15. The number of hydrogen-bond donors (Lipinski definition) is 1. The Hall–Kier alpha value is -2.69. The minimum Gasteiger partial charge on any atom is -0.478 e. The van der Waals surface area contributed by atoms with Crippen molar-refractivity contribution in [2.45, 2.75) is 6.92 Å². The van der Waals surface area contributed by atoms with Gasteiger partial charge in [0, 0.05) is 5.56 Å². The molecule has 0 spiro atoms. The van der Waals surface area contributed by atoms with Crippen LogP contribution in [0.1, 0.15) is 22.8 Å². The summed E-state index contributed by atoms with van der Waals surface area (Å²) in [6, 6.07) is 8.18. The lowest BCUT2D eigenvalue weighted by molar-refractivity contribution is 0.0695. The monoisotopic (exact) mass is 290 g/mol. The van der Waals surface area contributed by atoms with Crippen LogP contribution in [0.5, 0.6) is 11.5 Å². The van der Waals surface area contributed by atoms with Crippen LogP contribution in [0.3, 0.4) is 0 Å². The van der Waals surface area contributed by atoms with Gasteiger partial charge in [0.25, 0.3) is 0 Å². The van der Waals surface area contributed by atoms with Crippen LogP contribution in [0.25, 0.3) is 6.08 Å². The van der Waals surface area contributed by atoms with E-state index in [0.29, 0.717) is 5.56 Å². The van der Waals surface area contributed by atoms with Crippen LogP contribution in [0.15, 0.2) is 42.5 Å². The maximum absolute atomic E-state index is 13.8. The molecule has 3 nitrogen and oxygen atoms in total. The first-order valence-electron chi connectivity index (χ1n) is 6.15. The van der Waals surface area contributed by atoms with E-state index in [2.05, 4.69) is 0 Å². The predicted octanol–water partition coefficient (Wildman–Crippen LogP) is 4.49. The standard InChI is InChI=1S/C16H12F2O3/c1-2-5-10-6-3-4-7-14(10)21-15-12(17)8-11(16(19)20)9-13(15)18/h2-9H,1H3,(H,19,20). The Bertz CT molecular complexity index is 685. The second kappa shape index (κ2) is 6.17. The van der Waals surface area contributed by atoms with Gasteiger partial charge in [-0.1, -0.05) is 30.4 Å². The zero-order valence-corrected chi connectivity index (χ0v) is 11.1. The molecule has 0 aromatic heterocycles. The van der Waals surface area contributed by atoms with Gasteiger partial charge < -0.3 is 9.84 Å². The van der Waals surface area contributed by atoms with Crippen molar-refractivity contribution in [1.82, 2.24) is 0 Å². The summed E-state index contributed by atoms with van der Waals surface area (Å²) in [5, 5.41) is 8.75. The molecule has 0 amide bonds. The fourth-order valence-corrected chi connectivity index (χ4v) is 1.78. The second-order valence-corrected chi connectivity index (χ2v) is 4.21. The molecule has 108 valence electrons. The van der Waals surface area contributed by atoms with Gasteiger partial charge in [-0.25, -0.2) is 13.6 Å². The van der Waals surface area contributed by atoms with Gasteiger partial charge in [0.1, 0.15) is 5.75 Å². The van der Waals surface area contributed by atoms with Crippen LogP contribution in [-0.4, -0.2) is 11.1 Å². The number of para-hydroxylation sites is 1. The summed E-state index contributed by atoms with van der Waals surface area (Å²) in [7, 11) is 0. The van der Waals surface area contributed by atoms with E-state index in [-0.39, 0.29) is 5.75 Å². The van der Waals surface area contributed by atoms with E-state index >= 15 is 0 Å². The van der Waals surface area contributed by atoms with Crippen LogP contribution in [0, 0.1) is 11.6 Å². The molecule has 0 fully saturated rings. The third-order valence-electron chi connectivity index (χ3n) is 2.72. The molecule has 0 aliphatic rings. The topological polar surface area (TPSA) is 46.5 Å². The third-order valence-corrected chi connectivity index (χ3v) is 2.72. The van der Waals surface area contributed by atoms with E-state index in [1.807, 2.05) is 0 Å². The summed E-state index contributed by atoms with van der Waals surface area (Å²) in [4.78, 5) is 10.7. The number of benzene rings is 2. The maximum atomic E-state index is 13.8. The Kier molecular flexibility index (Phi) is 4.33. The zero-order chi connectivity index (χ0) is 15.4. The molecule has 0 radical (unpaired) electrons. The van der Waals surface area contributed by atoms with Gasteiger partial charge in [0.15, 0.2) is 17.4 Å². The molecule has 0 aliphatic carbocycles. The molecule has 0 unspecified atom stereocenters. The maximum Gasteiger partial charge on any atom is 0.335 e. The summed E-state index contributed by atoms with van der Waals surface area (Å²) >= 11 is 0. The Morgan fingerprint density at radius 3 is 2.38 bits per heavy atom. The van der Waals surface area contributed by atoms with Crippen molar-refractivity contribution < 1.29 is 23.4 Å². The number of aromatic carboxylic acids is 1. The highest BCUT2D eigenvalue weighted by atomic mass is 19.1. The minimum absolute atomic E-state index is 0.275. The summed E-state index contributed by atoms with van der Waals surface area (Å²) in [5.41, 5.74) is 0.181. The molecule has 0 bridgehead atoms. The lowest BCUT2D eigenvalue weighted by atomic mass is 10.1. The smallest absolute Gasteiger partial charge is 0.335 e. The number of carbonyl (C=O) groups is 1. The second-order valence-electron chi connectivity index (χ2n) is 4.21. The predicted molar refractivity (Wildman–Crippen MR) is 74.5 cm³/mol. The van der Waals surface area contributed by atoms with Gasteiger partial charge in [-0.15, -0.1) is 0 Å². The summed E-state index contributed by atoms with van der Waals surface area (Å²) in [5.74, 6) is -3.90. The summed E-state index contributed by atoms with van der Waals surface area (Å²) in [6.45, 7) is 1.81. The van der Waals surface area contributed by atoms with Crippen molar-refractivity contribution in [3.05, 3.63) is 65.2 Å². The number of rotatable bonds is 4. The van der Waals surface area contributed by atoms with Gasteiger partial charge in [0.2, 0.25) is 0 Å². The van der Waals surface area contributed by atoms with Crippen LogP contribution < -0.4 is 4.74 Å². The molecule has 0 aliphatic heterocycles. The van der Waals surface area contributed by atoms with E-state index in [9.17, 15) is 13.6 Å². The Labute approximate surface area is 120 Å². The molecular formula is C16H12F2O3. The number of hydrogen-bond acceptors (Lipinski definition) is 2. The molecule has 0 saturated carbocycles. The number of carboxylic acid groups (broad SMARTS) is 1. The Morgan fingerprint density at radius 1 is 1.19 bits per heavy atom. The largest absolute Gasteiger partial charge is 0.478 e. The van der Waals surface area contributed by atoms with Crippen LogP contribution in [-0.2, 0) is 0 Å².